The molecule has 2 nitrogen and oxygen atoms in total. The summed E-state index contributed by atoms with van der Waals surface area (Å²) in [5.74, 6) is 2.80. The highest BCUT2D eigenvalue weighted by Crippen LogP contribution is 2.23. The van der Waals surface area contributed by atoms with Crippen molar-refractivity contribution in [2.75, 3.05) is 32.7 Å². The molecule has 0 aromatic carbocycles. The van der Waals surface area contributed by atoms with Crippen LogP contribution in [-0.2, 0) is 0 Å². The quantitative estimate of drug-likeness (QED) is 0.766. The molecule has 0 saturated carbocycles. The van der Waals surface area contributed by atoms with Crippen LogP contribution < -0.4 is 5.32 Å². The Morgan fingerprint density at radius 3 is 2.73 bits per heavy atom. The first-order chi connectivity index (χ1) is 7.25. The Hall–Kier alpha value is -0.0800. The number of hydrogen-bond donors (Lipinski definition) is 1. The van der Waals surface area contributed by atoms with Crippen LogP contribution in [0.25, 0.3) is 0 Å². The summed E-state index contributed by atoms with van der Waals surface area (Å²) in [6.45, 7) is 11.3. The standard InChI is InChI=1S/C13H26N2/c1-11-4-7-15(10-12(11)2)8-5-13-3-6-14-9-13/h11-14H,3-10H2,1-2H3. The summed E-state index contributed by atoms with van der Waals surface area (Å²) in [7, 11) is 0. The fraction of sp³-hybridized carbons (Fsp3) is 1.00. The van der Waals surface area contributed by atoms with Gasteiger partial charge in [0.15, 0.2) is 0 Å². The molecular weight excluding hydrogens is 184 g/mol. The number of rotatable bonds is 3. The van der Waals surface area contributed by atoms with Crippen LogP contribution in [0.4, 0.5) is 0 Å². The second-order valence-electron chi connectivity index (χ2n) is 5.69. The molecule has 2 rings (SSSR count). The van der Waals surface area contributed by atoms with Crippen LogP contribution in [-0.4, -0.2) is 37.6 Å². The molecule has 2 heteroatoms. The highest BCUT2D eigenvalue weighted by atomic mass is 15.1. The molecule has 2 aliphatic heterocycles. The molecule has 2 fully saturated rings. The first-order valence-corrected chi connectivity index (χ1v) is 6.69. The molecule has 2 aliphatic rings. The van der Waals surface area contributed by atoms with E-state index < -0.39 is 0 Å². The lowest BCUT2D eigenvalue weighted by Gasteiger charge is -2.35. The number of nitrogens with one attached hydrogen (secondary N) is 1. The van der Waals surface area contributed by atoms with E-state index in [-0.39, 0.29) is 0 Å². The van der Waals surface area contributed by atoms with Crippen molar-refractivity contribution in [3.8, 4) is 0 Å². The van der Waals surface area contributed by atoms with Gasteiger partial charge in [-0.15, -0.1) is 0 Å². The Bertz CT molecular complexity index is 187. The molecule has 0 aliphatic carbocycles. The summed E-state index contributed by atoms with van der Waals surface area (Å²) in [4.78, 5) is 2.68. The van der Waals surface area contributed by atoms with E-state index in [1.807, 2.05) is 0 Å². The van der Waals surface area contributed by atoms with Crippen LogP contribution in [0, 0.1) is 17.8 Å². The monoisotopic (exact) mass is 210 g/mol. The molecule has 0 radical (unpaired) electrons. The van der Waals surface area contributed by atoms with Gasteiger partial charge >= 0.3 is 0 Å². The van der Waals surface area contributed by atoms with Crippen molar-refractivity contribution in [1.82, 2.24) is 10.2 Å². The van der Waals surface area contributed by atoms with Gasteiger partial charge in [-0.3, -0.25) is 0 Å². The zero-order chi connectivity index (χ0) is 10.7. The van der Waals surface area contributed by atoms with Crippen molar-refractivity contribution in [3.05, 3.63) is 0 Å². The van der Waals surface area contributed by atoms with Gasteiger partial charge in [-0.2, -0.15) is 0 Å². The van der Waals surface area contributed by atoms with Crippen molar-refractivity contribution < 1.29 is 0 Å². The molecule has 0 aromatic rings. The molecule has 1 N–H and O–H groups in total. The number of hydrogen-bond acceptors (Lipinski definition) is 2. The average molecular weight is 210 g/mol. The van der Waals surface area contributed by atoms with E-state index in [1.54, 1.807) is 0 Å². The predicted octanol–water partition coefficient (Wildman–Crippen LogP) is 1.96. The van der Waals surface area contributed by atoms with E-state index >= 15 is 0 Å². The third-order valence-corrected chi connectivity index (χ3v) is 4.43. The fourth-order valence-electron chi connectivity index (χ4n) is 2.88. The van der Waals surface area contributed by atoms with E-state index in [0.717, 1.165) is 17.8 Å². The van der Waals surface area contributed by atoms with Gasteiger partial charge in [-0.25, -0.2) is 0 Å². The van der Waals surface area contributed by atoms with Gasteiger partial charge in [0.1, 0.15) is 0 Å². The van der Waals surface area contributed by atoms with Crippen molar-refractivity contribution >= 4 is 0 Å². The van der Waals surface area contributed by atoms with E-state index in [1.165, 1.54) is 52.0 Å². The Labute approximate surface area is 94.4 Å². The maximum Gasteiger partial charge on any atom is 0.000957 e. The Kier molecular flexibility index (Phi) is 4.04. The van der Waals surface area contributed by atoms with Crippen LogP contribution in [0.5, 0.6) is 0 Å². The molecule has 0 bridgehead atoms. The number of likely N-dealkylation sites (tertiary alicyclic amines) is 1. The number of nitrogens with zero attached hydrogens (tertiary/aromatic N) is 1. The highest BCUT2D eigenvalue weighted by Gasteiger charge is 2.23. The molecule has 0 amide bonds. The summed E-state index contributed by atoms with van der Waals surface area (Å²) in [5, 5.41) is 3.46. The van der Waals surface area contributed by atoms with Crippen LogP contribution in [0.15, 0.2) is 0 Å². The largest absolute Gasteiger partial charge is 0.316 e. The molecule has 0 aromatic heterocycles. The minimum absolute atomic E-state index is 0.903. The Morgan fingerprint density at radius 1 is 1.20 bits per heavy atom. The molecule has 88 valence electrons. The smallest absolute Gasteiger partial charge is 0.000957 e. The second kappa shape index (κ2) is 5.31. The summed E-state index contributed by atoms with van der Waals surface area (Å²) in [6, 6.07) is 0. The van der Waals surface area contributed by atoms with E-state index in [0.29, 0.717) is 0 Å². The van der Waals surface area contributed by atoms with Gasteiger partial charge in [0.25, 0.3) is 0 Å². The summed E-state index contributed by atoms with van der Waals surface area (Å²) < 4.78 is 0. The first kappa shape index (κ1) is 11.4. The van der Waals surface area contributed by atoms with Crippen molar-refractivity contribution in [3.63, 3.8) is 0 Å². The van der Waals surface area contributed by atoms with Crippen molar-refractivity contribution in [1.29, 1.82) is 0 Å². The third-order valence-electron chi connectivity index (χ3n) is 4.43. The van der Waals surface area contributed by atoms with Crippen molar-refractivity contribution in [2.24, 2.45) is 17.8 Å². The Morgan fingerprint density at radius 2 is 2.07 bits per heavy atom. The van der Waals surface area contributed by atoms with Gasteiger partial charge in [-0.05, 0) is 63.2 Å². The van der Waals surface area contributed by atoms with E-state index in [9.17, 15) is 0 Å². The Balaban J connectivity index is 1.66. The van der Waals surface area contributed by atoms with Gasteiger partial charge in [-0.1, -0.05) is 13.8 Å². The minimum atomic E-state index is 0.903. The van der Waals surface area contributed by atoms with E-state index in [2.05, 4.69) is 24.1 Å². The van der Waals surface area contributed by atoms with Crippen LogP contribution in [0.2, 0.25) is 0 Å². The third kappa shape index (κ3) is 3.18. The molecule has 3 atom stereocenters. The normalized spacial score (nSPS) is 38.4. The summed E-state index contributed by atoms with van der Waals surface area (Å²) in [6.07, 6.45) is 4.22. The zero-order valence-electron chi connectivity index (χ0n) is 10.3. The minimum Gasteiger partial charge on any atom is -0.316 e. The predicted molar refractivity (Wildman–Crippen MR) is 65.0 cm³/mol. The highest BCUT2D eigenvalue weighted by molar-refractivity contribution is 4.77. The fourth-order valence-corrected chi connectivity index (χ4v) is 2.88. The van der Waals surface area contributed by atoms with Gasteiger partial charge in [0, 0.05) is 6.54 Å². The summed E-state index contributed by atoms with van der Waals surface area (Å²) >= 11 is 0. The second-order valence-corrected chi connectivity index (χ2v) is 5.69. The van der Waals surface area contributed by atoms with Crippen LogP contribution >= 0.6 is 0 Å². The average Bonchev–Trinajstić information content (AvgIpc) is 2.73. The van der Waals surface area contributed by atoms with Gasteiger partial charge in [0.2, 0.25) is 0 Å². The van der Waals surface area contributed by atoms with Gasteiger partial charge < -0.3 is 10.2 Å². The molecule has 0 spiro atoms. The van der Waals surface area contributed by atoms with Gasteiger partial charge in [0.05, 0.1) is 0 Å². The van der Waals surface area contributed by atoms with Crippen molar-refractivity contribution in [2.45, 2.75) is 33.1 Å². The molecule has 3 unspecified atom stereocenters. The first-order valence-electron chi connectivity index (χ1n) is 6.69. The van der Waals surface area contributed by atoms with Crippen LogP contribution in [0.3, 0.4) is 0 Å². The molecule has 2 heterocycles. The SMILES string of the molecule is CC1CCN(CCC2CCNC2)CC1C. The summed E-state index contributed by atoms with van der Waals surface area (Å²) in [5.41, 5.74) is 0. The lowest BCUT2D eigenvalue weighted by atomic mass is 9.88. The lowest BCUT2D eigenvalue weighted by Crippen LogP contribution is -2.39. The zero-order valence-corrected chi connectivity index (χ0v) is 10.3. The molecule has 2 saturated heterocycles. The topological polar surface area (TPSA) is 15.3 Å². The maximum atomic E-state index is 3.46. The molecular formula is C13H26N2. The number of piperidine rings is 1. The van der Waals surface area contributed by atoms with E-state index in [4.69, 9.17) is 0 Å². The van der Waals surface area contributed by atoms with Crippen LogP contribution in [0.1, 0.15) is 33.1 Å². The lowest BCUT2D eigenvalue weighted by molar-refractivity contribution is 0.132. The molecule has 15 heavy (non-hydrogen) atoms. The maximum absolute atomic E-state index is 3.46.